The van der Waals surface area contributed by atoms with E-state index in [4.69, 9.17) is 0 Å². The second-order valence-corrected chi connectivity index (χ2v) is 6.20. The molecule has 6 heteroatoms. The van der Waals surface area contributed by atoms with Crippen molar-refractivity contribution in [3.05, 3.63) is 75.9 Å². The van der Waals surface area contributed by atoms with Crippen molar-refractivity contribution in [2.24, 2.45) is 10.1 Å². The van der Waals surface area contributed by atoms with E-state index in [9.17, 15) is 8.78 Å². The third-order valence-corrected chi connectivity index (χ3v) is 4.49. The average molecular weight is 357 g/mol. The van der Waals surface area contributed by atoms with Crippen LogP contribution in [0.5, 0.6) is 0 Å². The Bertz CT molecular complexity index is 969. The van der Waals surface area contributed by atoms with Gasteiger partial charge in [-0.3, -0.25) is 4.99 Å². The van der Waals surface area contributed by atoms with Gasteiger partial charge in [0.2, 0.25) is 4.80 Å². The van der Waals surface area contributed by atoms with Gasteiger partial charge in [0.05, 0.1) is 11.4 Å². The molecule has 1 aromatic heterocycles. The van der Waals surface area contributed by atoms with E-state index < -0.39 is 0 Å². The van der Waals surface area contributed by atoms with Crippen LogP contribution >= 0.6 is 11.3 Å². The van der Waals surface area contributed by atoms with E-state index in [0.29, 0.717) is 28.3 Å². The molecule has 3 nitrogen and oxygen atoms in total. The van der Waals surface area contributed by atoms with Gasteiger partial charge in [-0.05, 0) is 43.7 Å². The monoisotopic (exact) mass is 357 g/mol. The van der Waals surface area contributed by atoms with Crippen molar-refractivity contribution in [3.8, 4) is 11.3 Å². The Morgan fingerprint density at radius 2 is 1.80 bits per heavy atom. The van der Waals surface area contributed by atoms with Crippen molar-refractivity contribution < 1.29 is 8.78 Å². The van der Waals surface area contributed by atoms with Crippen LogP contribution < -0.4 is 4.80 Å². The van der Waals surface area contributed by atoms with Gasteiger partial charge in [-0.15, -0.1) is 11.3 Å². The fourth-order valence-electron chi connectivity index (χ4n) is 2.39. The number of nitrogens with zero attached hydrogens (tertiary/aromatic N) is 3. The molecule has 0 fully saturated rings. The third-order valence-electron chi connectivity index (χ3n) is 3.64. The lowest BCUT2D eigenvalue weighted by molar-refractivity contribution is 0.627. The summed E-state index contributed by atoms with van der Waals surface area (Å²) in [6.45, 7) is 4.37. The molecule has 128 valence electrons. The van der Waals surface area contributed by atoms with Crippen LogP contribution in [0.1, 0.15) is 19.4 Å². The van der Waals surface area contributed by atoms with Crippen LogP contribution in [0.15, 0.2) is 64.0 Å². The Kier molecular flexibility index (Phi) is 5.19. The molecular formula is C19H17F2N3S. The van der Waals surface area contributed by atoms with Crippen LogP contribution in [0.4, 0.5) is 8.78 Å². The van der Waals surface area contributed by atoms with Gasteiger partial charge in [0, 0.05) is 17.5 Å². The van der Waals surface area contributed by atoms with Crippen molar-refractivity contribution in [3.63, 3.8) is 0 Å². The normalized spacial score (nSPS) is 12.6. The van der Waals surface area contributed by atoms with E-state index in [-0.39, 0.29) is 11.6 Å². The number of aromatic nitrogens is 1. The Hall–Kier alpha value is -2.60. The second-order valence-electron chi connectivity index (χ2n) is 5.36. The molecule has 2 aromatic carbocycles. The molecule has 0 aliphatic rings. The van der Waals surface area contributed by atoms with Crippen molar-refractivity contribution in [2.45, 2.75) is 13.8 Å². The molecule has 0 aliphatic heterocycles. The fraction of sp³-hybridized carbons (Fsp3) is 0.158. The molecule has 0 bridgehead atoms. The maximum Gasteiger partial charge on any atom is 0.206 e. The molecule has 0 unspecified atom stereocenters. The Balaban J connectivity index is 2.15. The van der Waals surface area contributed by atoms with Gasteiger partial charge in [-0.25, -0.2) is 13.5 Å². The standard InChI is InChI=1S/C19H17F2N3S/c1-3-22-19-24(23-13(2)14-8-10-15(20)11-9-14)18(12-25-19)16-6-4-5-7-17(16)21/h4-12H,3H2,1-2H3. The minimum absolute atomic E-state index is 0.298. The van der Waals surface area contributed by atoms with Gasteiger partial charge in [-0.1, -0.05) is 24.3 Å². The fourth-order valence-corrected chi connectivity index (χ4v) is 3.28. The number of rotatable bonds is 4. The summed E-state index contributed by atoms with van der Waals surface area (Å²) in [5.74, 6) is -0.611. The quantitative estimate of drug-likeness (QED) is 0.607. The lowest BCUT2D eigenvalue weighted by Gasteiger charge is -2.07. The number of thiazole rings is 1. The predicted molar refractivity (Wildman–Crippen MR) is 97.8 cm³/mol. The van der Waals surface area contributed by atoms with E-state index in [0.717, 1.165) is 5.56 Å². The predicted octanol–water partition coefficient (Wildman–Crippen LogP) is 4.69. The topological polar surface area (TPSA) is 29.6 Å². The van der Waals surface area contributed by atoms with E-state index in [1.807, 2.05) is 19.2 Å². The van der Waals surface area contributed by atoms with Crippen LogP contribution in [0.2, 0.25) is 0 Å². The molecule has 25 heavy (non-hydrogen) atoms. The molecule has 0 radical (unpaired) electrons. The zero-order valence-electron chi connectivity index (χ0n) is 13.9. The van der Waals surface area contributed by atoms with Crippen molar-refractivity contribution >= 4 is 17.0 Å². The summed E-state index contributed by atoms with van der Waals surface area (Å²) in [6.07, 6.45) is 0. The van der Waals surface area contributed by atoms with Crippen molar-refractivity contribution in [1.82, 2.24) is 4.68 Å². The van der Waals surface area contributed by atoms with Crippen LogP contribution in [0, 0.1) is 11.6 Å². The van der Waals surface area contributed by atoms with E-state index in [1.165, 1.54) is 29.5 Å². The molecule has 0 atom stereocenters. The van der Waals surface area contributed by atoms with E-state index >= 15 is 0 Å². The minimum atomic E-state index is -0.313. The number of hydrogen-bond acceptors (Lipinski definition) is 3. The first-order valence-electron chi connectivity index (χ1n) is 7.87. The molecule has 0 aliphatic carbocycles. The summed E-state index contributed by atoms with van der Waals surface area (Å²) in [4.78, 5) is 5.12. The second kappa shape index (κ2) is 7.53. The molecule has 3 rings (SSSR count). The van der Waals surface area contributed by atoms with Crippen LogP contribution in [-0.4, -0.2) is 16.9 Å². The highest BCUT2D eigenvalue weighted by Crippen LogP contribution is 2.23. The summed E-state index contributed by atoms with van der Waals surface area (Å²) in [7, 11) is 0. The zero-order chi connectivity index (χ0) is 17.8. The maximum absolute atomic E-state index is 14.2. The van der Waals surface area contributed by atoms with E-state index in [2.05, 4.69) is 10.1 Å². The lowest BCUT2D eigenvalue weighted by atomic mass is 10.1. The Morgan fingerprint density at radius 3 is 2.48 bits per heavy atom. The smallest absolute Gasteiger partial charge is 0.206 e. The summed E-state index contributed by atoms with van der Waals surface area (Å²) in [5.41, 5.74) is 2.58. The molecule has 0 saturated heterocycles. The van der Waals surface area contributed by atoms with Gasteiger partial charge in [0.1, 0.15) is 11.6 Å². The lowest BCUT2D eigenvalue weighted by Crippen LogP contribution is -2.14. The van der Waals surface area contributed by atoms with Gasteiger partial charge < -0.3 is 0 Å². The summed E-state index contributed by atoms with van der Waals surface area (Å²) in [5, 5.41) is 6.46. The molecule has 1 heterocycles. The highest BCUT2D eigenvalue weighted by atomic mass is 32.1. The maximum atomic E-state index is 14.2. The van der Waals surface area contributed by atoms with Gasteiger partial charge in [-0.2, -0.15) is 5.10 Å². The zero-order valence-corrected chi connectivity index (χ0v) is 14.7. The van der Waals surface area contributed by atoms with Crippen LogP contribution in [0.3, 0.4) is 0 Å². The molecular weight excluding hydrogens is 340 g/mol. The highest BCUT2D eigenvalue weighted by Gasteiger charge is 2.12. The summed E-state index contributed by atoms with van der Waals surface area (Å²) in [6, 6.07) is 12.7. The number of halogens is 2. The highest BCUT2D eigenvalue weighted by molar-refractivity contribution is 7.07. The van der Waals surface area contributed by atoms with Crippen molar-refractivity contribution in [1.29, 1.82) is 0 Å². The van der Waals surface area contributed by atoms with Gasteiger partial charge in [0.25, 0.3) is 0 Å². The SMILES string of the molecule is CCN=c1scc(-c2ccccc2F)n1N=C(C)c1ccc(F)cc1. The number of benzene rings is 2. The van der Waals surface area contributed by atoms with E-state index in [1.54, 1.807) is 35.0 Å². The Morgan fingerprint density at radius 1 is 1.08 bits per heavy atom. The van der Waals surface area contributed by atoms with Crippen LogP contribution in [0.25, 0.3) is 11.3 Å². The summed E-state index contributed by atoms with van der Waals surface area (Å²) >= 11 is 1.41. The third kappa shape index (κ3) is 3.74. The molecule has 0 saturated carbocycles. The van der Waals surface area contributed by atoms with Crippen molar-refractivity contribution in [2.75, 3.05) is 6.54 Å². The van der Waals surface area contributed by atoms with Gasteiger partial charge >= 0.3 is 0 Å². The molecule has 3 aromatic rings. The largest absolute Gasteiger partial charge is 0.258 e. The average Bonchev–Trinajstić information content (AvgIpc) is 2.99. The summed E-state index contributed by atoms with van der Waals surface area (Å²) < 4.78 is 29.0. The first-order chi connectivity index (χ1) is 12.1. The molecule has 0 spiro atoms. The Labute approximate surface area is 148 Å². The molecule has 0 N–H and O–H groups in total. The van der Waals surface area contributed by atoms with Crippen LogP contribution in [-0.2, 0) is 0 Å². The first-order valence-corrected chi connectivity index (χ1v) is 8.75. The van der Waals surface area contributed by atoms with Gasteiger partial charge in [0.15, 0.2) is 0 Å². The molecule has 0 amide bonds. The number of hydrogen-bond donors (Lipinski definition) is 0. The first kappa shape index (κ1) is 17.2. The minimum Gasteiger partial charge on any atom is -0.258 e.